The molecule has 4 aromatic heterocycles. The fourth-order valence-corrected chi connectivity index (χ4v) is 12.0. The van der Waals surface area contributed by atoms with E-state index in [-0.39, 0.29) is 46.5 Å². The van der Waals surface area contributed by atoms with Crippen LogP contribution in [0.1, 0.15) is 69.7 Å². The van der Waals surface area contributed by atoms with Crippen LogP contribution in [-0.2, 0) is 43.5 Å². The zero-order chi connectivity index (χ0) is 51.0. The minimum atomic E-state index is -4.50. The van der Waals surface area contributed by atoms with Crippen LogP contribution in [0.5, 0.6) is 11.5 Å². The summed E-state index contributed by atoms with van der Waals surface area (Å²) in [5, 5.41) is 4.31. The summed E-state index contributed by atoms with van der Waals surface area (Å²) in [7, 11) is -7.74. The highest BCUT2D eigenvalue weighted by atomic mass is 32.2. The summed E-state index contributed by atoms with van der Waals surface area (Å²) in [6.45, 7) is 0.501. The molecule has 0 bridgehead atoms. The van der Waals surface area contributed by atoms with Crippen molar-refractivity contribution in [3.05, 3.63) is 177 Å². The van der Waals surface area contributed by atoms with Gasteiger partial charge in [-0.25, -0.2) is 55.5 Å². The fraction of sp³-hybridized carbons (Fsp3) is 0.208. The minimum absolute atomic E-state index is 0.0256. The number of rotatable bonds is 10. The molecular formula is C48H34F8N6O6S4. The Kier molecular flexibility index (Phi) is 14.0. The summed E-state index contributed by atoms with van der Waals surface area (Å²) in [6.07, 6.45) is -1.40. The van der Waals surface area contributed by atoms with Crippen molar-refractivity contribution in [2.75, 3.05) is 13.2 Å². The van der Waals surface area contributed by atoms with Gasteiger partial charge in [0.25, 0.3) is 0 Å². The van der Waals surface area contributed by atoms with E-state index in [1.54, 1.807) is 22.9 Å². The molecule has 6 heterocycles. The molecule has 0 saturated carbocycles. The van der Waals surface area contributed by atoms with Gasteiger partial charge in [-0.1, -0.05) is 24.3 Å². The van der Waals surface area contributed by atoms with E-state index in [0.29, 0.717) is 67.7 Å². The van der Waals surface area contributed by atoms with Crippen LogP contribution in [0.25, 0.3) is 21.1 Å². The van der Waals surface area contributed by atoms with Gasteiger partial charge in [0.1, 0.15) is 44.7 Å². The third kappa shape index (κ3) is 11.0. The Morgan fingerprint density at radius 1 is 0.514 bits per heavy atom. The van der Waals surface area contributed by atoms with Crippen molar-refractivity contribution >= 4 is 42.3 Å². The largest absolute Gasteiger partial charge is 0.493 e. The molecule has 2 aliphatic heterocycles. The number of benzene rings is 4. The van der Waals surface area contributed by atoms with Crippen LogP contribution in [0.3, 0.4) is 0 Å². The number of nitrogens with zero attached hydrogens (tertiary/aromatic N) is 6. The predicted molar refractivity (Wildman–Crippen MR) is 248 cm³/mol. The van der Waals surface area contributed by atoms with Crippen molar-refractivity contribution in [2.24, 2.45) is 0 Å². The molecule has 4 aromatic carbocycles. The van der Waals surface area contributed by atoms with Crippen LogP contribution in [-0.4, -0.2) is 60.0 Å². The predicted octanol–water partition coefficient (Wildman–Crippen LogP) is 11.3. The van der Waals surface area contributed by atoms with Gasteiger partial charge in [0.2, 0.25) is 0 Å². The van der Waals surface area contributed by atoms with Crippen LogP contribution in [0.4, 0.5) is 35.1 Å². The molecule has 72 heavy (non-hydrogen) atoms. The van der Waals surface area contributed by atoms with E-state index in [2.05, 4.69) is 29.9 Å². The van der Waals surface area contributed by atoms with Gasteiger partial charge in [0, 0.05) is 57.2 Å². The Morgan fingerprint density at radius 2 is 0.889 bits per heavy atom. The highest BCUT2D eigenvalue weighted by Crippen LogP contribution is 2.47. The number of alkyl halides is 6. The Labute approximate surface area is 413 Å². The first kappa shape index (κ1) is 50.2. The normalized spacial score (nSPS) is 15.8. The van der Waals surface area contributed by atoms with E-state index >= 15 is 0 Å². The van der Waals surface area contributed by atoms with E-state index in [1.165, 1.54) is 71.5 Å². The number of sulfone groups is 2. The molecule has 12 nitrogen and oxygen atoms in total. The second kappa shape index (κ2) is 20.0. The minimum Gasteiger partial charge on any atom is -0.493 e. The van der Waals surface area contributed by atoms with Crippen molar-refractivity contribution in [2.45, 2.75) is 58.3 Å². The summed E-state index contributed by atoms with van der Waals surface area (Å²) in [4.78, 5) is 23.2. The Bertz CT molecular complexity index is 3240. The topological polar surface area (TPSA) is 164 Å². The lowest BCUT2D eigenvalue weighted by molar-refractivity contribution is -0.138. The second-order valence-electron chi connectivity index (χ2n) is 16.2. The Balaban J connectivity index is 0.000000178. The number of hydrogen-bond donors (Lipinski definition) is 0. The van der Waals surface area contributed by atoms with Gasteiger partial charge < -0.3 is 9.47 Å². The summed E-state index contributed by atoms with van der Waals surface area (Å²) >= 11 is 2.48. The van der Waals surface area contributed by atoms with E-state index in [1.807, 2.05) is 0 Å². The van der Waals surface area contributed by atoms with Crippen LogP contribution in [0, 0.1) is 11.6 Å². The smallest absolute Gasteiger partial charge is 0.416 e. The van der Waals surface area contributed by atoms with Crippen molar-refractivity contribution in [1.82, 2.24) is 29.9 Å². The number of halogens is 8. The van der Waals surface area contributed by atoms with Crippen LogP contribution < -0.4 is 9.47 Å². The molecule has 0 fully saturated rings. The SMILES string of the molecule is O=S(=O)(Cc1ncc(F)cn1)c1ccc2c(c1)OCC[C@@H]2c1ccc(C(F)(F)F)cc1-c1nccs1.O=S(=O)(Cc1ncc(F)cn1)c1ccc2c(c1)OCC[C@H]2c1ccc(C(F)(F)F)cc1-c1nccs1. The standard InChI is InChI=1S/2C24H17F4N3O3S2/c2*25-15-11-30-22(31-12-15)13-36(32,33)16-2-4-19-18(5-7-34-21(19)10-16)17-3-1-14(24(26,27)28)9-20(17)23-29-6-8-35-23/h2*1-4,6,8-12,18H,5,7,13H2/t2*18-/m10/s1. The van der Waals surface area contributed by atoms with Gasteiger partial charge in [-0.3, -0.25) is 0 Å². The maximum atomic E-state index is 13.4. The van der Waals surface area contributed by atoms with Gasteiger partial charge in [0.15, 0.2) is 31.3 Å². The molecule has 0 aliphatic carbocycles. The molecule has 0 spiro atoms. The first-order chi connectivity index (χ1) is 34.2. The molecule has 2 atom stereocenters. The molecule has 8 aromatic rings. The molecule has 10 rings (SSSR count). The fourth-order valence-electron chi connectivity index (χ4n) is 8.26. The molecule has 0 saturated heterocycles. The summed E-state index contributed by atoms with van der Waals surface area (Å²) < 4.78 is 170. The Hall–Kier alpha value is -6.76. The molecule has 0 N–H and O–H groups in total. The quantitative estimate of drug-likeness (QED) is 0.119. The van der Waals surface area contributed by atoms with Crippen molar-refractivity contribution in [1.29, 1.82) is 0 Å². The lowest BCUT2D eigenvalue weighted by Crippen LogP contribution is -2.17. The molecule has 0 unspecified atom stereocenters. The van der Waals surface area contributed by atoms with Crippen molar-refractivity contribution in [3.8, 4) is 32.6 Å². The zero-order valence-electron chi connectivity index (χ0n) is 36.7. The number of aromatic nitrogens is 6. The third-order valence-corrected chi connectivity index (χ3v) is 16.4. The van der Waals surface area contributed by atoms with Gasteiger partial charge in [0.05, 0.1) is 58.9 Å². The highest BCUT2D eigenvalue weighted by molar-refractivity contribution is 7.91. The monoisotopic (exact) mass is 1070 g/mol. The number of hydrogen-bond acceptors (Lipinski definition) is 14. The van der Waals surface area contributed by atoms with Crippen molar-refractivity contribution < 1.29 is 61.4 Å². The van der Waals surface area contributed by atoms with E-state index in [9.17, 15) is 52.0 Å². The molecule has 0 radical (unpaired) electrons. The number of ether oxygens (including phenoxy) is 2. The third-order valence-electron chi connectivity index (χ3n) is 11.6. The second-order valence-corrected chi connectivity index (χ2v) is 22.0. The summed E-state index contributed by atoms with van der Waals surface area (Å²) in [5.74, 6) is -2.49. The van der Waals surface area contributed by atoms with E-state index < -0.39 is 66.3 Å². The summed E-state index contributed by atoms with van der Waals surface area (Å²) in [6, 6.07) is 16.1. The zero-order valence-corrected chi connectivity index (χ0v) is 40.0. The van der Waals surface area contributed by atoms with Gasteiger partial charge in [-0.2, -0.15) is 26.3 Å². The van der Waals surface area contributed by atoms with Crippen molar-refractivity contribution in [3.63, 3.8) is 0 Å². The van der Waals surface area contributed by atoms with E-state index in [0.717, 1.165) is 49.1 Å². The number of thiazole rings is 2. The maximum Gasteiger partial charge on any atom is 0.416 e. The van der Waals surface area contributed by atoms with Gasteiger partial charge in [-0.15, -0.1) is 22.7 Å². The van der Waals surface area contributed by atoms with Crippen LogP contribution in [0.15, 0.2) is 131 Å². The first-order valence-corrected chi connectivity index (χ1v) is 26.4. The lowest BCUT2D eigenvalue weighted by Gasteiger charge is -2.28. The van der Waals surface area contributed by atoms with Crippen LogP contribution >= 0.6 is 22.7 Å². The van der Waals surface area contributed by atoms with E-state index in [4.69, 9.17) is 9.47 Å². The van der Waals surface area contributed by atoms with Gasteiger partial charge in [-0.05, 0) is 72.5 Å². The van der Waals surface area contributed by atoms with Gasteiger partial charge >= 0.3 is 12.4 Å². The molecule has 24 heteroatoms. The molecular weight excluding hydrogens is 1040 g/mol. The number of fused-ring (bicyclic) bond motifs is 2. The summed E-state index contributed by atoms with van der Waals surface area (Å²) in [5.41, 5.74) is 1.84. The first-order valence-electron chi connectivity index (χ1n) is 21.4. The van der Waals surface area contributed by atoms with Crippen LogP contribution in [0.2, 0.25) is 0 Å². The Morgan fingerprint density at radius 3 is 1.24 bits per heavy atom. The average molecular weight is 1070 g/mol. The average Bonchev–Trinajstić information content (AvgIpc) is 4.11. The molecule has 0 amide bonds. The molecule has 2 aliphatic rings. The molecule has 372 valence electrons. The highest BCUT2D eigenvalue weighted by Gasteiger charge is 2.36. The maximum absolute atomic E-state index is 13.4. The lowest BCUT2D eigenvalue weighted by atomic mass is 9.83.